The highest BCUT2D eigenvalue weighted by molar-refractivity contribution is 5.78. The van der Waals surface area contributed by atoms with Gasteiger partial charge in [0.15, 0.2) is 0 Å². The first kappa shape index (κ1) is 11.6. The molecule has 18 heavy (non-hydrogen) atoms. The zero-order valence-corrected chi connectivity index (χ0v) is 10.1. The second kappa shape index (κ2) is 4.66. The van der Waals surface area contributed by atoms with Gasteiger partial charge in [0.2, 0.25) is 5.91 Å². The molecular weight excluding hydrogens is 230 g/mol. The molecule has 4 unspecified atom stereocenters. The first-order chi connectivity index (χ1) is 8.75. The van der Waals surface area contributed by atoms with Gasteiger partial charge in [0, 0.05) is 30.5 Å². The molecule has 2 aliphatic rings. The maximum Gasteiger partial charge on any atom is 0.226 e. The highest BCUT2D eigenvalue weighted by Gasteiger charge is 2.52. The predicted molar refractivity (Wildman–Crippen MR) is 65.7 cm³/mol. The summed E-state index contributed by atoms with van der Waals surface area (Å²) in [5.74, 6) is 0.383. The number of rotatable bonds is 3. The average Bonchev–Trinajstić information content (AvgIpc) is 2.82. The molecule has 3 rings (SSSR count). The summed E-state index contributed by atoms with van der Waals surface area (Å²) in [6.07, 6.45) is 3.11. The Bertz CT molecular complexity index is 437. The van der Waals surface area contributed by atoms with Crippen LogP contribution in [0, 0.1) is 5.92 Å². The molecule has 0 bridgehead atoms. The number of aromatic nitrogens is 1. The molecule has 0 radical (unpaired) electrons. The highest BCUT2D eigenvalue weighted by Crippen LogP contribution is 2.37. The maximum atomic E-state index is 11.9. The minimum absolute atomic E-state index is 0.0326. The number of pyridine rings is 1. The molecule has 96 valence electrons. The highest BCUT2D eigenvalue weighted by atomic mass is 16.5. The van der Waals surface area contributed by atoms with Crippen molar-refractivity contribution in [2.45, 2.75) is 31.0 Å². The van der Waals surface area contributed by atoms with Crippen LogP contribution < -0.4 is 11.1 Å². The summed E-state index contributed by atoms with van der Waals surface area (Å²) in [5, 5.41) is 2.96. The molecule has 1 saturated carbocycles. The number of ether oxygens (including phenoxy) is 1. The summed E-state index contributed by atoms with van der Waals surface area (Å²) < 4.78 is 5.58. The predicted octanol–water partition coefficient (Wildman–Crippen LogP) is -0.145. The zero-order valence-electron chi connectivity index (χ0n) is 10.1. The molecule has 0 spiro atoms. The van der Waals surface area contributed by atoms with Gasteiger partial charge in [-0.15, -0.1) is 0 Å². The standard InChI is InChI=1S/C13H17N3O2/c14-11-9-4-6-18-13(9)12(11)16-10(17)7-8-3-1-2-5-15-8/h1-3,5,9,11-13H,4,6-7,14H2,(H,16,17). The molecule has 1 aliphatic carbocycles. The SMILES string of the molecule is NC1C2CCOC2C1NC(=O)Cc1ccccn1. The Balaban J connectivity index is 1.56. The van der Waals surface area contributed by atoms with Crippen molar-refractivity contribution >= 4 is 5.91 Å². The molecule has 3 N–H and O–H groups in total. The lowest BCUT2D eigenvalue weighted by Gasteiger charge is -2.45. The number of carbonyl (C=O) groups excluding carboxylic acids is 1. The number of amides is 1. The van der Waals surface area contributed by atoms with Crippen LogP contribution in [-0.4, -0.2) is 35.7 Å². The molecule has 2 heterocycles. The van der Waals surface area contributed by atoms with E-state index in [0.29, 0.717) is 12.3 Å². The smallest absolute Gasteiger partial charge is 0.226 e. The number of nitrogens with zero attached hydrogens (tertiary/aromatic N) is 1. The topological polar surface area (TPSA) is 77.2 Å². The molecule has 0 aromatic carbocycles. The molecule has 1 aliphatic heterocycles. The van der Waals surface area contributed by atoms with Gasteiger partial charge < -0.3 is 15.8 Å². The van der Waals surface area contributed by atoms with Gasteiger partial charge >= 0.3 is 0 Å². The van der Waals surface area contributed by atoms with Gasteiger partial charge in [0.05, 0.1) is 18.6 Å². The van der Waals surface area contributed by atoms with E-state index < -0.39 is 0 Å². The van der Waals surface area contributed by atoms with Crippen LogP contribution in [0.4, 0.5) is 0 Å². The van der Waals surface area contributed by atoms with E-state index in [1.807, 2.05) is 18.2 Å². The molecular formula is C13H17N3O2. The normalized spacial score (nSPS) is 33.6. The molecule has 4 atom stereocenters. The van der Waals surface area contributed by atoms with Crippen molar-refractivity contribution in [1.82, 2.24) is 10.3 Å². The molecule has 5 heteroatoms. The molecule has 1 saturated heterocycles. The van der Waals surface area contributed by atoms with E-state index in [1.165, 1.54) is 0 Å². The van der Waals surface area contributed by atoms with Crippen molar-refractivity contribution in [3.8, 4) is 0 Å². The van der Waals surface area contributed by atoms with Crippen LogP contribution in [0.5, 0.6) is 0 Å². The van der Waals surface area contributed by atoms with Crippen molar-refractivity contribution in [3.05, 3.63) is 30.1 Å². The summed E-state index contributed by atoms with van der Waals surface area (Å²) in [7, 11) is 0. The fourth-order valence-corrected chi connectivity index (χ4v) is 2.83. The molecule has 2 fully saturated rings. The van der Waals surface area contributed by atoms with Crippen LogP contribution in [0.15, 0.2) is 24.4 Å². The summed E-state index contributed by atoms with van der Waals surface area (Å²) in [6.45, 7) is 0.760. The van der Waals surface area contributed by atoms with Crippen molar-refractivity contribution in [1.29, 1.82) is 0 Å². The van der Waals surface area contributed by atoms with E-state index in [1.54, 1.807) is 6.20 Å². The fourth-order valence-electron chi connectivity index (χ4n) is 2.83. The lowest BCUT2D eigenvalue weighted by molar-refractivity contribution is -0.125. The number of fused-ring (bicyclic) bond motifs is 1. The van der Waals surface area contributed by atoms with Crippen LogP contribution in [0.3, 0.4) is 0 Å². The lowest BCUT2D eigenvalue weighted by Crippen LogP contribution is -2.69. The second-order valence-electron chi connectivity index (χ2n) is 4.96. The number of hydrogen-bond acceptors (Lipinski definition) is 4. The van der Waals surface area contributed by atoms with Crippen LogP contribution >= 0.6 is 0 Å². The Labute approximate surface area is 106 Å². The molecule has 1 aromatic heterocycles. The van der Waals surface area contributed by atoms with Crippen LogP contribution in [-0.2, 0) is 16.0 Å². The fraction of sp³-hybridized carbons (Fsp3) is 0.538. The largest absolute Gasteiger partial charge is 0.376 e. The van der Waals surface area contributed by atoms with E-state index in [9.17, 15) is 4.79 Å². The van der Waals surface area contributed by atoms with Gasteiger partial charge in [-0.1, -0.05) is 6.07 Å². The van der Waals surface area contributed by atoms with Gasteiger partial charge in [-0.05, 0) is 18.6 Å². The number of carbonyl (C=O) groups is 1. The third-order valence-corrected chi connectivity index (χ3v) is 3.84. The van der Waals surface area contributed by atoms with Gasteiger partial charge in [-0.25, -0.2) is 0 Å². The number of nitrogens with one attached hydrogen (secondary N) is 1. The third kappa shape index (κ3) is 2.00. The number of hydrogen-bond donors (Lipinski definition) is 2. The quantitative estimate of drug-likeness (QED) is 0.779. The Hall–Kier alpha value is -1.46. The monoisotopic (exact) mass is 247 g/mol. The Morgan fingerprint density at radius 3 is 3.22 bits per heavy atom. The summed E-state index contributed by atoms with van der Waals surface area (Å²) in [6, 6.07) is 5.55. The van der Waals surface area contributed by atoms with Crippen LogP contribution in [0.25, 0.3) is 0 Å². The minimum atomic E-state index is -0.0388. The molecule has 1 amide bonds. The number of nitrogens with two attached hydrogens (primary N) is 1. The zero-order chi connectivity index (χ0) is 12.5. The van der Waals surface area contributed by atoms with Gasteiger partial charge in [-0.3, -0.25) is 9.78 Å². The van der Waals surface area contributed by atoms with Crippen molar-refractivity contribution < 1.29 is 9.53 Å². The van der Waals surface area contributed by atoms with Crippen molar-refractivity contribution in [3.63, 3.8) is 0 Å². The van der Waals surface area contributed by atoms with E-state index in [-0.39, 0.29) is 24.1 Å². The van der Waals surface area contributed by atoms with Gasteiger partial charge in [0.1, 0.15) is 0 Å². The summed E-state index contributed by atoms with van der Waals surface area (Å²) in [4.78, 5) is 16.0. The van der Waals surface area contributed by atoms with Gasteiger partial charge in [0.25, 0.3) is 0 Å². The maximum absolute atomic E-state index is 11.9. The van der Waals surface area contributed by atoms with Crippen LogP contribution in [0.1, 0.15) is 12.1 Å². The summed E-state index contributed by atoms with van der Waals surface area (Å²) in [5.41, 5.74) is 6.81. The average molecular weight is 247 g/mol. The van der Waals surface area contributed by atoms with E-state index >= 15 is 0 Å². The third-order valence-electron chi connectivity index (χ3n) is 3.84. The lowest BCUT2D eigenvalue weighted by atomic mass is 9.72. The van der Waals surface area contributed by atoms with Gasteiger partial charge in [-0.2, -0.15) is 0 Å². The van der Waals surface area contributed by atoms with Crippen molar-refractivity contribution in [2.75, 3.05) is 6.61 Å². The van der Waals surface area contributed by atoms with Crippen molar-refractivity contribution in [2.24, 2.45) is 11.7 Å². The molecule has 1 aromatic rings. The Kier molecular flexibility index (Phi) is 3.01. The first-order valence-electron chi connectivity index (χ1n) is 6.32. The van der Waals surface area contributed by atoms with Crippen LogP contribution in [0.2, 0.25) is 0 Å². The minimum Gasteiger partial charge on any atom is -0.376 e. The Morgan fingerprint density at radius 2 is 2.44 bits per heavy atom. The Morgan fingerprint density at radius 1 is 1.56 bits per heavy atom. The van der Waals surface area contributed by atoms with E-state index in [2.05, 4.69) is 10.3 Å². The summed E-state index contributed by atoms with van der Waals surface area (Å²) >= 11 is 0. The second-order valence-corrected chi connectivity index (χ2v) is 4.96. The first-order valence-corrected chi connectivity index (χ1v) is 6.32. The molecule has 5 nitrogen and oxygen atoms in total. The van der Waals surface area contributed by atoms with E-state index in [4.69, 9.17) is 10.5 Å². The van der Waals surface area contributed by atoms with E-state index in [0.717, 1.165) is 18.7 Å².